The van der Waals surface area contributed by atoms with Crippen molar-refractivity contribution in [1.82, 2.24) is 4.90 Å². The van der Waals surface area contributed by atoms with Crippen molar-refractivity contribution < 1.29 is 14.7 Å². The molecule has 98 valence electrons. The second-order valence-corrected chi connectivity index (χ2v) is 4.60. The molecule has 0 saturated heterocycles. The molecule has 0 bridgehead atoms. The van der Waals surface area contributed by atoms with Gasteiger partial charge in [-0.05, 0) is 32.4 Å². The first-order chi connectivity index (χ1) is 8.40. The van der Waals surface area contributed by atoms with E-state index in [0.717, 1.165) is 11.1 Å². The molecule has 0 heterocycles. The number of rotatable bonds is 5. The van der Waals surface area contributed by atoms with Crippen molar-refractivity contribution in [3.63, 3.8) is 0 Å². The summed E-state index contributed by atoms with van der Waals surface area (Å²) in [6.45, 7) is 4.36. The largest absolute Gasteiger partial charge is 0.481 e. The van der Waals surface area contributed by atoms with Crippen molar-refractivity contribution in [1.29, 1.82) is 0 Å². The van der Waals surface area contributed by atoms with E-state index in [9.17, 15) is 9.59 Å². The van der Waals surface area contributed by atoms with Crippen molar-refractivity contribution in [3.8, 4) is 0 Å². The smallest absolute Gasteiger partial charge is 0.303 e. The van der Waals surface area contributed by atoms with Gasteiger partial charge in [-0.15, -0.1) is 0 Å². The summed E-state index contributed by atoms with van der Waals surface area (Å²) in [6.07, 6.45) is 0.562. The summed E-state index contributed by atoms with van der Waals surface area (Å²) in [4.78, 5) is 24.1. The lowest BCUT2D eigenvalue weighted by atomic mass is 10.1. The van der Waals surface area contributed by atoms with Gasteiger partial charge in [-0.1, -0.05) is 17.2 Å². The van der Waals surface area contributed by atoms with Crippen LogP contribution in [0.5, 0.6) is 0 Å². The lowest BCUT2D eigenvalue weighted by Gasteiger charge is -2.17. The van der Waals surface area contributed by atoms with E-state index in [-0.39, 0.29) is 12.3 Å². The average Bonchev–Trinajstić information content (AvgIpc) is 2.26. The Morgan fingerprint density at radius 1 is 1.17 bits per heavy atom. The molecule has 1 aromatic carbocycles. The summed E-state index contributed by atoms with van der Waals surface area (Å²) < 4.78 is 0. The first kappa shape index (κ1) is 14.2. The zero-order valence-electron chi connectivity index (χ0n) is 11.1. The van der Waals surface area contributed by atoms with E-state index in [1.165, 1.54) is 0 Å². The highest BCUT2D eigenvalue weighted by Crippen LogP contribution is 2.11. The van der Waals surface area contributed by atoms with Gasteiger partial charge in [0.1, 0.15) is 0 Å². The highest BCUT2D eigenvalue weighted by Gasteiger charge is 2.12. The molecule has 4 heteroatoms. The summed E-state index contributed by atoms with van der Waals surface area (Å²) in [5.74, 6) is -0.894. The fourth-order valence-electron chi connectivity index (χ4n) is 1.89. The van der Waals surface area contributed by atoms with Gasteiger partial charge in [-0.2, -0.15) is 0 Å². The van der Waals surface area contributed by atoms with Crippen LogP contribution in [0.4, 0.5) is 0 Å². The van der Waals surface area contributed by atoms with Gasteiger partial charge >= 0.3 is 5.97 Å². The number of hydrogen-bond donors (Lipinski definition) is 1. The predicted octanol–water partition coefficient (Wildman–Crippen LogP) is 2.24. The number of amides is 1. The lowest BCUT2D eigenvalue weighted by Crippen LogP contribution is -2.28. The predicted molar refractivity (Wildman–Crippen MR) is 69.7 cm³/mol. The molecule has 0 atom stereocenters. The van der Waals surface area contributed by atoms with E-state index < -0.39 is 5.97 Å². The SMILES string of the molecule is Cc1cc(C)cc(C(=O)N(C)CCCC(=O)O)c1. The Morgan fingerprint density at radius 3 is 2.22 bits per heavy atom. The third-order valence-electron chi connectivity index (χ3n) is 2.70. The maximum Gasteiger partial charge on any atom is 0.303 e. The molecule has 1 N–H and O–H groups in total. The van der Waals surface area contributed by atoms with Crippen molar-refractivity contribution in [3.05, 3.63) is 34.9 Å². The highest BCUT2D eigenvalue weighted by atomic mass is 16.4. The van der Waals surface area contributed by atoms with Crippen LogP contribution in [0.1, 0.15) is 34.3 Å². The number of hydrogen-bond acceptors (Lipinski definition) is 2. The molecule has 0 aromatic heterocycles. The molecule has 0 aliphatic rings. The maximum absolute atomic E-state index is 12.1. The van der Waals surface area contributed by atoms with Gasteiger partial charge in [0.25, 0.3) is 5.91 Å². The van der Waals surface area contributed by atoms with Crippen LogP contribution >= 0.6 is 0 Å². The molecule has 0 aliphatic carbocycles. The molecule has 0 spiro atoms. The number of carboxylic acid groups (broad SMARTS) is 1. The fourth-order valence-corrected chi connectivity index (χ4v) is 1.89. The topological polar surface area (TPSA) is 57.6 Å². The molecule has 1 amide bonds. The Balaban J connectivity index is 2.65. The zero-order valence-corrected chi connectivity index (χ0v) is 11.1. The maximum atomic E-state index is 12.1. The molecule has 0 unspecified atom stereocenters. The molecule has 4 nitrogen and oxygen atoms in total. The summed E-state index contributed by atoms with van der Waals surface area (Å²) in [5, 5.41) is 8.55. The minimum Gasteiger partial charge on any atom is -0.481 e. The Labute approximate surface area is 107 Å². The van der Waals surface area contributed by atoms with Crippen molar-refractivity contribution in [2.75, 3.05) is 13.6 Å². The average molecular weight is 249 g/mol. The van der Waals surface area contributed by atoms with Crippen LogP contribution in [0.25, 0.3) is 0 Å². The number of carbonyl (C=O) groups is 2. The van der Waals surface area contributed by atoms with Crippen LogP contribution in [0.15, 0.2) is 18.2 Å². The van der Waals surface area contributed by atoms with Crippen LogP contribution < -0.4 is 0 Å². The second-order valence-electron chi connectivity index (χ2n) is 4.60. The van der Waals surface area contributed by atoms with Crippen LogP contribution in [-0.2, 0) is 4.79 Å². The molecule has 0 radical (unpaired) electrons. The third-order valence-corrected chi connectivity index (χ3v) is 2.70. The van der Waals surface area contributed by atoms with Gasteiger partial charge in [0, 0.05) is 25.6 Å². The first-order valence-electron chi connectivity index (χ1n) is 5.95. The Hall–Kier alpha value is -1.84. The number of carbonyl (C=O) groups excluding carboxylic acids is 1. The van der Waals surface area contributed by atoms with E-state index in [1.54, 1.807) is 11.9 Å². The van der Waals surface area contributed by atoms with Gasteiger partial charge in [0.2, 0.25) is 0 Å². The monoisotopic (exact) mass is 249 g/mol. The van der Waals surface area contributed by atoms with Crippen LogP contribution in [0.3, 0.4) is 0 Å². The third kappa shape index (κ3) is 4.20. The minimum absolute atomic E-state index is 0.0628. The molecule has 18 heavy (non-hydrogen) atoms. The highest BCUT2D eigenvalue weighted by molar-refractivity contribution is 5.94. The Bertz CT molecular complexity index is 434. The van der Waals surface area contributed by atoms with Crippen molar-refractivity contribution >= 4 is 11.9 Å². The van der Waals surface area contributed by atoms with E-state index in [4.69, 9.17) is 5.11 Å². The van der Waals surface area contributed by atoms with Crippen molar-refractivity contribution in [2.24, 2.45) is 0 Å². The van der Waals surface area contributed by atoms with Crippen LogP contribution in [0, 0.1) is 13.8 Å². The molecule has 0 saturated carbocycles. The first-order valence-corrected chi connectivity index (χ1v) is 5.95. The number of benzene rings is 1. The Morgan fingerprint density at radius 2 is 1.72 bits per heavy atom. The van der Waals surface area contributed by atoms with E-state index in [0.29, 0.717) is 18.5 Å². The van der Waals surface area contributed by atoms with E-state index in [1.807, 2.05) is 32.0 Å². The molecule has 0 fully saturated rings. The molecule has 1 rings (SSSR count). The summed E-state index contributed by atoms with van der Waals surface area (Å²) >= 11 is 0. The molecule has 1 aromatic rings. The standard InChI is InChI=1S/C14H19NO3/c1-10-7-11(2)9-12(8-10)14(18)15(3)6-4-5-13(16)17/h7-9H,4-6H2,1-3H3,(H,16,17). The Kier molecular flexibility index (Phi) is 4.89. The molecular formula is C14H19NO3. The van der Waals surface area contributed by atoms with Crippen LogP contribution in [-0.4, -0.2) is 35.5 Å². The summed E-state index contributed by atoms with van der Waals surface area (Å²) in [6, 6.07) is 5.72. The number of nitrogens with zero attached hydrogens (tertiary/aromatic N) is 1. The summed E-state index contributed by atoms with van der Waals surface area (Å²) in [7, 11) is 1.70. The van der Waals surface area contributed by atoms with E-state index >= 15 is 0 Å². The van der Waals surface area contributed by atoms with Crippen molar-refractivity contribution in [2.45, 2.75) is 26.7 Å². The van der Waals surface area contributed by atoms with Gasteiger partial charge in [-0.3, -0.25) is 9.59 Å². The van der Waals surface area contributed by atoms with Gasteiger partial charge < -0.3 is 10.0 Å². The lowest BCUT2D eigenvalue weighted by molar-refractivity contribution is -0.137. The van der Waals surface area contributed by atoms with E-state index in [2.05, 4.69) is 0 Å². The second kappa shape index (κ2) is 6.19. The van der Waals surface area contributed by atoms with Gasteiger partial charge in [0.15, 0.2) is 0 Å². The fraction of sp³-hybridized carbons (Fsp3) is 0.429. The number of aliphatic carboxylic acids is 1. The zero-order chi connectivity index (χ0) is 13.7. The molecular weight excluding hydrogens is 230 g/mol. The quantitative estimate of drug-likeness (QED) is 0.870. The van der Waals surface area contributed by atoms with Gasteiger partial charge in [0.05, 0.1) is 0 Å². The minimum atomic E-state index is -0.831. The normalized spacial score (nSPS) is 10.2. The number of aryl methyl sites for hydroxylation is 2. The molecule has 0 aliphatic heterocycles. The number of carboxylic acids is 1. The van der Waals surface area contributed by atoms with Gasteiger partial charge in [-0.25, -0.2) is 0 Å². The van der Waals surface area contributed by atoms with Crippen LogP contribution in [0.2, 0.25) is 0 Å². The summed E-state index contributed by atoms with van der Waals surface area (Å²) in [5.41, 5.74) is 2.76.